The number of hydrogen-bond donors (Lipinski definition) is 1. The van der Waals surface area contributed by atoms with Crippen molar-refractivity contribution in [1.82, 2.24) is 5.16 Å². The van der Waals surface area contributed by atoms with Gasteiger partial charge in [-0.2, -0.15) is 0 Å². The lowest BCUT2D eigenvalue weighted by atomic mass is 10.2. The quantitative estimate of drug-likeness (QED) is 0.842. The van der Waals surface area contributed by atoms with Crippen molar-refractivity contribution in [2.24, 2.45) is 0 Å². The molecule has 0 radical (unpaired) electrons. The monoisotopic (exact) mass is 226 g/mol. The first-order valence-electron chi connectivity index (χ1n) is 5.28. The molecule has 0 atom stereocenters. The zero-order chi connectivity index (χ0) is 12.3. The van der Waals surface area contributed by atoms with E-state index >= 15 is 0 Å². The van der Waals surface area contributed by atoms with Crippen LogP contribution in [-0.4, -0.2) is 16.9 Å². The number of hydrogen-bond acceptors (Lipinski definition) is 4. The molecule has 0 aliphatic carbocycles. The molecule has 5 heteroatoms. The Kier molecular flexibility index (Phi) is 3.57. The summed E-state index contributed by atoms with van der Waals surface area (Å²) in [5.41, 5.74) is 0.323. The van der Waals surface area contributed by atoms with Crippen LogP contribution in [0.2, 0.25) is 0 Å². The van der Waals surface area contributed by atoms with Crippen molar-refractivity contribution in [2.75, 3.05) is 5.32 Å². The fourth-order valence-electron chi connectivity index (χ4n) is 1.22. The van der Waals surface area contributed by atoms with Gasteiger partial charge in [0.1, 0.15) is 11.4 Å². The standard InChI is InChI=1S/C11H18N2O3/c1-6-8-7(2)9(13-16-8)12-10(14)15-11(3,4)5/h6H2,1-5H3,(H,12,13,14). The van der Waals surface area contributed by atoms with E-state index in [-0.39, 0.29) is 0 Å². The van der Waals surface area contributed by atoms with Gasteiger partial charge < -0.3 is 9.26 Å². The first-order valence-corrected chi connectivity index (χ1v) is 5.28. The van der Waals surface area contributed by atoms with Gasteiger partial charge in [0, 0.05) is 12.0 Å². The maximum absolute atomic E-state index is 11.5. The third-order valence-corrected chi connectivity index (χ3v) is 1.96. The third kappa shape index (κ3) is 3.25. The molecule has 0 saturated heterocycles. The van der Waals surface area contributed by atoms with Crippen LogP contribution in [0.4, 0.5) is 10.6 Å². The van der Waals surface area contributed by atoms with E-state index < -0.39 is 11.7 Å². The number of anilines is 1. The lowest BCUT2D eigenvalue weighted by Gasteiger charge is -2.19. The molecule has 1 rings (SSSR count). The molecular formula is C11H18N2O3. The van der Waals surface area contributed by atoms with Gasteiger partial charge in [0.15, 0.2) is 5.82 Å². The summed E-state index contributed by atoms with van der Waals surface area (Å²) in [4.78, 5) is 11.5. The second kappa shape index (κ2) is 4.55. The number of amides is 1. The lowest BCUT2D eigenvalue weighted by Crippen LogP contribution is -2.27. The summed E-state index contributed by atoms with van der Waals surface area (Å²) in [6, 6.07) is 0. The first-order chi connectivity index (χ1) is 7.33. The number of carbonyl (C=O) groups excluding carboxylic acids is 1. The minimum Gasteiger partial charge on any atom is -0.444 e. The van der Waals surface area contributed by atoms with E-state index in [4.69, 9.17) is 9.26 Å². The Morgan fingerprint density at radius 2 is 2.12 bits per heavy atom. The molecule has 0 fully saturated rings. The average molecular weight is 226 g/mol. The highest BCUT2D eigenvalue weighted by Crippen LogP contribution is 2.19. The van der Waals surface area contributed by atoms with Gasteiger partial charge in [-0.05, 0) is 27.7 Å². The van der Waals surface area contributed by atoms with Crippen molar-refractivity contribution in [2.45, 2.75) is 46.6 Å². The fourth-order valence-corrected chi connectivity index (χ4v) is 1.22. The number of carbonyl (C=O) groups is 1. The number of ether oxygens (including phenoxy) is 1. The molecule has 90 valence electrons. The van der Waals surface area contributed by atoms with Crippen LogP contribution in [0.3, 0.4) is 0 Å². The third-order valence-electron chi connectivity index (χ3n) is 1.96. The Bertz CT molecular complexity index is 377. The van der Waals surface area contributed by atoms with Crippen LogP contribution in [0, 0.1) is 6.92 Å². The smallest absolute Gasteiger partial charge is 0.413 e. The van der Waals surface area contributed by atoms with E-state index in [1.54, 1.807) is 20.8 Å². The molecule has 1 aromatic heterocycles. The summed E-state index contributed by atoms with van der Waals surface area (Å²) in [6.07, 6.45) is 0.223. The van der Waals surface area contributed by atoms with Crippen LogP contribution in [0.15, 0.2) is 4.52 Å². The van der Waals surface area contributed by atoms with Gasteiger partial charge >= 0.3 is 6.09 Å². The predicted octanol–water partition coefficient (Wildman–Crippen LogP) is 2.89. The van der Waals surface area contributed by atoms with E-state index in [2.05, 4.69) is 10.5 Å². The largest absolute Gasteiger partial charge is 0.444 e. The molecule has 5 nitrogen and oxygen atoms in total. The summed E-state index contributed by atoms with van der Waals surface area (Å²) in [6.45, 7) is 9.23. The predicted molar refractivity (Wildman–Crippen MR) is 60.5 cm³/mol. The summed E-state index contributed by atoms with van der Waals surface area (Å²) >= 11 is 0. The van der Waals surface area contributed by atoms with Crippen molar-refractivity contribution >= 4 is 11.9 Å². The summed E-state index contributed by atoms with van der Waals surface area (Å²) in [5.74, 6) is 1.19. The maximum Gasteiger partial charge on any atom is 0.413 e. The fraction of sp³-hybridized carbons (Fsp3) is 0.636. The Balaban J connectivity index is 2.67. The zero-order valence-electron chi connectivity index (χ0n) is 10.4. The van der Waals surface area contributed by atoms with Crippen LogP contribution >= 0.6 is 0 Å². The molecule has 1 amide bonds. The van der Waals surface area contributed by atoms with Crippen molar-refractivity contribution in [1.29, 1.82) is 0 Å². The topological polar surface area (TPSA) is 64.4 Å². The molecule has 0 aromatic carbocycles. The Morgan fingerprint density at radius 1 is 1.50 bits per heavy atom. The molecule has 0 spiro atoms. The van der Waals surface area contributed by atoms with E-state index in [9.17, 15) is 4.79 Å². The zero-order valence-corrected chi connectivity index (χ0v) is 10.4. The molecule has 1 heterocycles. The van der Waals surface area contributed by atoms with Gasteiger partial charge in [0.05, 0.1) is 0 Å². The molecule has 1 aromatic rings. The van der Waals surface area contributed by atoms with Gasteiger partial charge in [0.2, 0.25) is 0 Å². The Labute approximate surface area is 95.1 Å². The normalized spacial score (nSPS) is 11.3. The van der Waals surface area contributed by atoms with Gasteiger partial charge in [-0.25, -0.2) is 4.79 Å². The molecule has 0 bridgehead atoms. The number of rotatable bonds is 2. The number of aryl methyl sites for hydroxylation is 1. The van der Waals surface area contributed by atoms with Crippen molar-refractivity contribution in [3.05, 3.63) is 11.3 Å². The van der Waals surface area contributed by atoms with Crippen LogP contribution in [0.1, 0.15) is 39.0 Å². The van der Waals surface area contributed by atoms with E-state index in [0.717, 1.165) is 17.7 Å². The van der Waals surface area contributed by atoms with Crippen LogP contribution in [0.25, 0.3) is 0 Å². The molecule has 16 heavy (non-hydrogen) atoms. The first kappa shape index (κ1) is 12.5. The second-order valence-electron chi connectivity index (χ2n) is 4.56. The molecule has 0 unspecified atom stereocenters. The maximum atomic E-state index is 11.5. The van der Waals surface area contributed by atoms with Crippen molar-refractivity contribution in [3.8, 4) is 0 Å². The Hall–Kier alpha value is -1.52. The number of aromatic nitrogens is 1. The van der Waals surface area contributed by atoms with Gasteiger partial charge in [0.25, 0.3) is 0 Å². The van der Waals surface area contributed by atoms with Gasteiger partial charge in [-0.1, -0.05) is 12.1 Å². The van der Waals surface area contributed by atoms with Gasteiger partial charge in [-0.15, -0.1) is 0 Å². The van der Waals surface area contributed by atoms with E-state index in [1.165, 1.54) is 0 Å². The highest BCUT2D eigenvalue weighted by Gasteiger charge is 2.19. The van der Waals surface area contributed by atoms with Crippen molar-refractivity contribution < 1.29 is 14.1 Å². The van der Waals surface area contributed by atoms with Crippen molar-refractivity contribution in [3.63, 3.8) is 0 Å². The highest BCUT2D eigenvalue weighted by molar-refractivity contribution is 5.84. The molecule has 0 saturated carbocycles. The average Bonchev–Trinajstić information content (AvgIpc) is 2.44. The minimum absolute atomic E-state index is 0.422. The second-order valence-corrected chi connectivity index (χ2v) is 4.56. The molecule has 0 aliphatic rings. The summed E-state index contributed by atoms with van der Waals surface area (Å²) in [5, 5.41) is 6.33. The Morgan fingerprint density at radius 3 is 2.56 bits per heavy atom. The molecule has 1 N–H and O–H groups in total. The van der Waals surface area contributed by atoms with Gasteiger partial charge in [-0.3, -0.25) is 5.32 Å². The van der Waals surface area contributed by atoms with Crippen LogP contribution in [-0.2, 0) is 11.2 Å². The van der Waals surface area contributed by atoms with E-state index in [0.29, 0.717) is 5.82 Å². The molecule has 0 aliphatic heterocycles. The number of nitrogens with one attached hydrogen (secondary N) is 1. The van der Waals surface area contributed by atoms with E-state index in [1.807, 2.05) is 13.8 Å². The number of nitrogens with zero attached hydrogens (tertiary/aromatic N) is 1. The SMILES string of the molecule is CCc1onc(NC(=O)OC(C)(C)C)c1C. The van der Waals surface area contributed by atoms with Crippen LogP contribution in [0.5, 0.6) is 0 Å². The minimum atomic E-state index is -0.522. The summed E-state index contributed by atoms with van der Waals surface area (Å²) < 4.78 is 10.2. The van der Waals surface area contributed by atoms with Crippen LogP contribution < -0.4 is 5.32 Å². The highest BCUT2D eigenvalue weighted by atomic mass is 16.6. The summed E-state index contributed by atoms with van der Waals surface area (Å²) in [7, 11) is 0. The lowest BCUT2D eigenvalue weighted by molar-refractivity contribution is 0.0634. The molecular weight excluding hydrogens is 208 g/mol.